The van der Waals surface area contributed by atoms with Gasteiger partial charge in [0.1, 0.15) is 23.7 Å². The summed E-state index contributed by atoms with van der Waals surface area (Å²) in [6.45, 7) is 4.34. The van der Waals surface area contributed by atoms with Crippen molar-refractivity contribution in [1.29, 1.82) is 0 Å². The van der Waals surface area contributed by atoms with Crippen LogP contribution in [0.15, 0.2) is 52.4 Å². The molecule has 42 heavy (non-hydrogen) atoms. The molecule has 0 saturated carbocycles. The van der Waals surface area contributed by atoms with Crippen molar-refractivity contribution in [3.63, 3.8) is 0 Å². The summed E-state index contributed by atoms with van der Waals surface area (Å²) in [6, 6.07) is 7.33. The average molecular weight is 581 g/mol. The SMILES string of the molecule is CC1(C)CCOc2c(C(=O)NC3CN4C(N)=N[C@@H](CNC(=O)c5cccc(F)c5)[C@@H]5N=C(N)N[C@@]54C3(O)O)cccc21. The highest BCUT2D eigenvalue weighted by atomic mass is 19.1. The first kappa shape index (κ1) is 27.7. The molecule has 13 nitrogen and oxygen atoms in total. The van der Waals surface area contributed by atoms with Crippen LogP contribution in [0, 0.1) is 5.82 Å². The molecule has 222 valence electrons. The molecule has 1 fully saturated rings. The first-order chi connectivity index (χ1) is 19.8. The quantitative estimate of drug-likeness (QED) is 0.219. The maximum absolute atomic E-state index is 13.6. The van der Waals surface area contributed by atoms with Crippen molar-refractivity contribution < 1.29 is 28.9 Å². The van der Waals surface area contributed by atoms with E-state index in [0.29, 0.717) is 12.4 Å². The second-order valence-corrected chi connectivity index (χ2v) is 11.7. The van der Waals surface area contributed by atoms with Crippen molar-refractivity contribution in [3.05, 3.63) is 65.0 Å². The lowest BCUT2D eigenvalue weighted by molar-refractivity contribution is -0.230. The zero-order valence-electron chi connectivity index (χ0n) is 23.1. The Morgan fingerprint density at radius 3 is 2.69 bits per heavy atom. The second-order valence-electron chi connectivity index (χ2n) is 11.7. The number of hydrogen-bond donors (Lipinski definition) is 7. The third-order valence-corrected chi connectivity index (χ3v) is 8.63. The van der Waals surface area contributed by atoms with E-state index in [-0.39, 0.29) is 41.6 Å². The van der Waals surface area contributed by atoms with Gasteiger partial charge in [0.25, 0.3) is 11.8 Å². The van der Waals surface area contributed by atoms with Gasteiger partial charge >= 0.3 is 0 Å². The molecule has 1 spiro atoms. The Kier molecular flexibility index (Phi) is 6.31. The third-order valence-electron chi connectivity index (χ3n) is 8.63. The van der Waals surface area contributed by atoms with Gasteiger partial charge < -0.3 is 47.3 Å². The highest BCUT2D eigenvalue weighted by Crippen LogP contribution is 2.45. The number of carbonyl (C=O) groups excluding carboxylic acids is 2. The van der Waals surface area contributed by atoms with Crippen LogP contribution in [0.3, 0.4) is 0 Å². The number of nitrogens with one attached hydrogen (secondary N) is 3. The largest absolute Gasteiger partial charge is 0.492 e. The highest BCUT2D eigenvalue weighted by molar-refractivity contribution is 5.98. The van der Waals surface area contributed by atoms with E-state index in [4.69, 9.17) is 16.2 Å². The number of ether oxygens (including phenoxy) is 1. The predicted octanol–water partition coefficient (Wildman–Crippen LogP) is -0.910. The van der Waals surface area contributed by atoms with Crippen LogP contribution >= 0.6 is 0 Å². The summed E-state index contributed by atoms with van der Waals surface area (Å²) in [5.41, 5.74) is 11.6. The second kappa shape index (κ2) is 9.56. The van der Waals surface area contributed by atoms with Crippen LogP contribution in [0.1, 0.15) is 46.5 Å². The van der Waals surface area contributed by atoms with Gasteiger partial charge in [0, 0.05) is 24.2 Å². The van der Waals surface area contributed by atoms with Gasteiger partial charge in [-0.1, -0.05) is 32.0 Å². The van der Waals surface area contributed by atoms with E-state index in [1.807, 2.05) is 6.07 Å². The Balaban J connectivity index is 1.26. The fraction of sp³-hybridized carbons (Fsp3) is 0.429. The van der Waals surface area contributed by atoms with Gasteiger partial charge in [-0.15, -0.1) is 0 Å². The molecule has 4 aliphatic heterocycles. The van der Waals surface area contributed by atoms with E-state index in [2.05, 4.69) is 39.8 Å². The third kappa shape index (κ3) is 4.12. The lowest BCUT2D eigenvalue weighted by Gasteiger charge is -2.49. The summed E-state index contributed by atoms with van der Waals surface area (Å²) in [5.74, 6) is -4.04. The van der Waals surface area contributed by atoms with E-state index in [0.717, 1.165) is 18.1 Å². The molecule has 6 rings (SSSR count). The van der Waals surface area contributed by atoms with E-state index >= 15 is 0 Å². The molecule has 2 aromatic carbocycles. The standard InChI is InChI=1S/C28H33FN8O5/c1-26(2)9-10-42-20-16(7-4-8-17(20)26)23(39)34-19-13-37-25(31)33-18(12-32-22(38)14-5-3-6-15(29)11-14)21-27(37,28(19,40)41)36-24(30)35-21/h3-8,11,18-19,21,40-41H,9-10,12-13H2,1-2H3,(H2,31,33)(H,32,38)(H,34,39)(H3,30,35,36)/t18-,19?,21-,27-/m0/s1. The van der Waals surface area contributed by atoms with Gasteiger partial charge in [-0.3, -0.25) is 9.59 Å². The fourth-order valence-electron chi connectivity index (χ4n) is 6.36. The number of aliphatic hydroxyl groups is 2. The normalized spacial score (nSPS) is 28.2. The Hall–Kier alpha value is -4.43. The zero-order valence-corrected chi connectivity index (χ0v) is 23.1. The molecule has 0 aromatic heterocycles. The number of benzene rings is 2. The number of rotatable bonds is 5. The van der Waals surface area contributed by atoms with Crippen LogP contribution in [0.25, 0.3) is 0 Å². The lowest BCUT2D eigenvalue weighted by Crippen LogP contribution is -2.78. The summed E-state index contributed by atoms with van der Waals surface area (Å²) < 4.78 is 19.5. The van der Waals surface area contributed by atoms with Gasteiger partial charge in [0.2, 0.25) is 5.79 Å². The molecule has 4 heterocycles. The molecule has 1 unspecified atom stereocenters. The number of amides is 2. The van der Waals surface area contributed by atoms with Crippen LogP contribution < -0.4 is 32.2 Å². The fourth-order valence-corrected chi connectivity index (χ4v) is 6.36. The summed E-state index contributed by atoms with van der Waals surface area (Å²) >= 11 is 0. The van der Waals surface area contributed by atoms with Crippen LogP contribution in [0.2, 0.25) is 0 Å². The number of guanidine groups is 2. The van der Waals surface area contributed by atoms with Crippen molar-refractivity contribution in [1.82, 2.24) is 20.9 Å². The van der Waals surface area contributed by atoms with Crippen LogP contribution in [-0.4, -0.2) is 88.1 Å². The Labute approximate surface area is 240 Å². The van der Waals surface area contributed by atoms with E-state index in [1.165, 1.54) is 23.1 Å². The molecule has 14 heteroatoms. The summed E-state index contributed by atoms with van der Waals surface area (Å²) in [7, 11) is 0. The minimum absolute atomic E-state index is 0.0694. The van der Waals surface area contributed by atoms with E-state index in [1.54, 1.807) is 12.1 Å². The molecule has 2 aromatic rings. The van der Waals surface area contributed by atoms with Crippen molar-refractivity contribution in [2.24, 2.45) is 21.5 Å². The molecule has 0 aliphatic carbocycles. The molecule has 9 N–H and O–H groups in total. The van der Waals surface area contributed by atoms with Gasteiger partial charge in [-0.25, -0.2) is 14.4 Å². The zero-order chi connectivity index (χ0) is 30.0. The van der Waals surface area contributed by atoms with Crippen molar-refractivity contribution in [2.45, 2.75) is 55.3 Å². The van der Waals surface area contributed by atoms with Crippen LogP contribution in [0.5, 0.6) is 5.75 Å². The van der Waals surface area contributed by atoms with Gasteiger partial charge in [0.15, 0.2) is 17.6 Å². The molecule has 2 amide bonds. The number of nitrogens with two attached hydrogens (primary N) is 2. The Morgan fingerprint density at radius 1 is 1.17 bits per heavy atom. The van der Waals surface area contributed by atoms with Gasteiger partial charge in [-0.05, 0) is 36.1 Å². The highest BCUT2D eigenvalue weighted by Gasteiger charge is 2.73. The molecule has 4 atom stereocenters. The minimum Gasteiger partial charge on any atom is -0.492 e. The minimum atomic E-state index is -2.65. The number of nitrogens with zero attached hydrogens (tertiary/aromatic N) is 3. The monoisotopic (exact) mass is 580 g/mol. The average Bonchev–Trinajstić information content (AvgIpc) is 3.40. The number of hydrogen-bond acceptors (Lipinski definition) is 11. The number of carbonyl (C=O) groups is 2. The van der Waals surface area contributed by atoms with Gasteiger partial charge in [-0.2, -0.15) is 0 Å². The summed E-state index contributed by atoms with van der Waals surface area (Å²) in [6.07, 6.45) is 0.790. The first-order valence-corrected chi connectivity index (χ1v) is 13.6. The molecule has 0 radical (unpaired) electrons. The number of fused-ring (bicyclic) bond motifs is 1. The molecule has 1 saturated heterocycles. The molecule has 0 bridgehead atoms. The lowest BCUT2D eigenvalue weighted by atomic mass is 9.79. The maximum Gasteiger partial charge on any atom is 0.255 e. The molecule has 4 aliphatic rings. The predicted molar refractivity (Wildman–Crippen MR) is 150 cm³/mol. The smallest absolute Gasteiger partial charge is 0.255 e. The van der Waals surface area contributed by atoms with E-state index in [9.17, 15) is 24.2 Å². The molecular formula is C28H33FN8O5. The summed E-state index contributed by atoms with van der Waals surface area (Å²) in [4.78, 5) is 36.5. The Morgan fingerprint density at radius 2 is 1.93 bits per heavy atom. The number of aliphatic imine (C=N–C) groups is 2. The Bertz CT molecular complexity index is 1530. The number of para-hydroxylation sites is 1. The van der Waals surface area contributed by atoms with Crippen molar-refractivity contribution in [2.75, 3.05) is 19.7 Å². The van der Waals surface area contributed by atoms with Crippen LogP contribution in [0.4, 0.5) is 4.39 Å². The van der Waals surface area contributed by atoms with Crippen molar-refractivity contribution >= 4 is 23.7 Å². The van der Waals surface area contributed by atoms with Crippen molar-refractivity contribution in [3.8, 4) is 5.75 Å². The molecular weight excluding hydrogens is 547 g/mol. The first-order valence-electron chi connectivity index (χ1n) is 13.6. The van der Waals surface area contributed by atoms with Crippen LogP contribution in [-0.2, 0) is 5.41 Å². The van der Waals surface area contributed by atoms with E-state index < -0.39 is 47.2 Å². The summed E-state index contributed by atoms with van der Waals surface area (Å²) in [5, 5.41) is 31.7. The van der Waals surface area contributed by atoms with Gasteiger partial charge in [0.05, 0.1) is 18.2 Å². The topological polar surface area (TPSA) is 200 Å². The maximum atomic E-state index is 13.6. The number of halogens is 1.